The average Bonchev–Trinajstić information content (AvgIpc) is 3.71. The van der Waals surface area contributed by atoms with Crippen LogP contribution in [0.2, 0.25) is 0 Å². The zero-order valence-corrected chi connectivity index (χ0v) is 36.2. The zero-order valence-electron chi connectivity index (χ0n) is 36.2. The second-order valence-corrected chi connectivity index (χ2v) is 18.5. The average molecular weight is 806 g/mol. The van der Waals surface area contributed by atoms with Crippen molar-refractivity contribution in [1.29, 1.82) is 0 Å². The number of para-hydroxylation sites is 1. The quantitative estimate of drug-likeness (QED) is 0.151. The number of hydrogen-bond acceptors (Lipinski definition) is 1. The molecule has 1 nitrogen and oxygen atoms in total. The van der Waals surface area contributed by atoms with Gasteiger partial charge in [0, 0.05) is 27.8 Å². The molecule has 0 N–H and O–H groups in total. The molecule has 0 aliphatic heterocycles. The van der Waals surface area contributed by atoms with Gasteiger partial charge in [0.1, 0.15) is 0 Å². The number of anilines is 3. The highest BCUT2D eigenvalue weighted by molar-refractivity contribution is 6.12. The van der Waals surface area contributed by atoms with Gasteiger partial charge in [0.15, 0.2) is 0 Å². The first-order valence-electron chi connectivity index (χ1n) is 22.3. The molecule has 0 amide bonds. The van der Waals surface area contributed by atoms with E-state index in [0.717, 1.165) is 17.1 Å². The van der Waals surface area contributed by atoms with Crippen LogP contribution in [0.1, 0.15) is 49.9 Å². The van der Waals surface area contributed by atoms with E-state index in [2.05, 4.69) is 245 Å². The third kappa shape index (κ3) is 5.69. The molecule has 0 bridgehead atoms. The van der Waals surface area contributed by atoms with E-state index in [0.29, 0.717) is 0 Å². The van der Waals surface area contributed by atoms with E-state index >= 15 is 0 Å². The first kappa shape index (κ1) is 37.3. The van der Waals surface area contributed by atoms with Gasteiger partial charge in [0.25, 0.3) is 0 Å². The summed E-state index contributed by atoms with van der Waals surface area (Å²) in [7, 11) is 0. The molecule has 10 aromatic carbocycles. The van der Waals surface area contributed by atoms with Crippen molar-refractivity contribution >= 4 is 38.6 Å². The van der Waals surface area contributed by atoms with Crippen molar-refractivity contribution < 1.29 is 0 Å². The van der Waals surface area contributed by atoms with Gasteiger partial charge in [-0.3, -0.25) is 0 Å². The first-order valence-corrected chi connectivity index (χ1v) is 22.3. The number of fused-ring (bicyclic) bond motifs is 9. The predicted molar refractivity (Wildman–Crippen MR) is 268 cm³/mol. The fourth-order valence-electron chi connectivity index (χ4n) is 11.2. The lowest BCUT2D eigenvalue weighted by Crippen LogP contribution is -2.16. The zero-order chi connectivity index (χ0) is 42.5. The summed E-state index contributed by atoms with van der Waals surface area (Å²) in [5.41, 5.74) is 21.3. The summed E-state index contributed by atoms with van der Waals surface area (Å²) in [6, 6.07) is 79.2. The van der Waals surface area contributed by atoms with E-state index in [1.165, 1.54) is 99.4 Å². The second-order valence-electron chi connectivity index (χ2n) is 18.5. The highest BCUT2D eigenvalue weighted by Crippen LogP contribution is 2.54. The van der Waals surface area contributed by atoms with Crippen molar-refractivity contribution in [2.24, 2.45) is 0 Å². The Morgan fingerprint density at radius 2 is 0.825 bits per heavy atom. The first-order chi connectivity index (χ1) is 30.8. The molecular formula is C62H47N. The highest BCUT2D eigenvalue weighted by atomic mass is 15.1. The van der Waals surface area contributed by atoms with E-state index in [1.807, 2.05) is 0 Å². The van der Waals surface area contributed by atoms with Crippen LogP contribution < -0.4 is 4.90 Å². The molecule has 63 heavy (non-hydrogen) atoms. The lowest BCUT2D eigenvalue weighted by atomic mass is 9.79. The molecule has 12 rings (SSSR count). The highest BCUT2D eigenvalue weighted by Gasteiger charge is 2.38. The van der Waals surface area contributed by atoms with Gasteiger partial charge in [-0.1, -0.05) is 204 Å². The Bertz CT molecular complexity index is 3470. The summed E-state index contributed by atoms with van der Waals surface area (Å²) in [6.07, 6.45) is 0. The van der Waals surface area contributed by atoms with Gasteiger partial charge >= 0.3 is 0 Å². The second kappa shape index (κ2) is 14.0. The van der Waals surface area contributed by atoms with Crippen molar-refractivity contribution in [3.63, 3.8) is 0 Å². The topological polar surface area (TPSA) is 3.24 Å². The van der Waals surface area contributed by atoms with Gasteiger partial charge < -0.3 is 4.90 Å². The Hall–Kier alpha value is -7.48. The van der Waals surface area contributed by atoms with E-state index in [1.54, 1.807) is 0 Å². The van der Waals surface area contributed by atoms with Crippen LogP contribution in [0.5, 0.6) is 0 Å². The van der Waals surface area contributed by atoms with Crippen LogP contribution in [0.25, 0.3) is 77.2 Å². The molecule has 10 aromatic rings. The molecule has 0 fully saturated rings. The third-order valence-corrected chi connectivity index (χ3v) is 14.2. The summed E-state index contributed by atoms with van der Waals surface area (Å²) < 4.78 is 0. The maximum atomic E-state index is 2.49. The molecule has 0 spiro atoms. The van der Waals surface area contributed by atoms with Crippen LogP contribution in [-0.2, 0) is 10.8 Å². The van der Waals surface area contributed by atoms with Gasteiger partial charge in [-0.2, -0.15) is 0 Å². The van der Waals surface area contributed by atoms with Gasteiger partial charge in [0.05, 0.1) is 5.69 Å². The number of hydrogen-bond donors (Lipinski definition) is 0. The summed E-state index contributed by atoms with van der Waals surface area (Å²) in [4.78, 5) is 2.49. The SMILES string of the molecule is CC1(C)c2ccccc2-c2ccc(-c3ccccc3N(c3cccc(-c4cccc5c4C(C)(C)c4ccccc4-5)c3)c3cccc(-c4cccc5c4ccc4ccccc45)c3)cc21. The molecule has 0 saturated heterocycles. The van der Waals surface area contributed by atoms with Crippen LogP contribution in [0.4, 0.5) is 17.1 Å². The molecule has 0 unspecified atom stereocenters. The normalized spacial score (nSPS) is 14.0. The van der Waals surface area contributed by atoms with Crippen LogP contribution in [0.3, 0.4) is 0 Å². The Balaban J connectivity index is 1.06. The standard InChI is InChI=1S/C62H47N/c1-61(2)56-30-10-7-24-52(56)54-36-34-43(39-58(54)61)48-23-9-12-32-59(48)63(44-20-13-18-41(37-44)47-26-15-28-50-46-22-6-5-17-40(46)33-35-51(47)50)45-21-14-19-42(38-45)49-27-16-29-55-53-25-8-11-31-57(53)62(3,4)60(49)55/h5-39H,1-4H3. The van der Waals surface area contributed by atoms with Gasteiger partial charge in [-0.05, 0) is 130 Å². The Morgan fingerprint density at radius 3 is 1.60 bits per heavy atom. The van der Waals surface area contributed by atoms with E-state index < -0.39 is 0 Å². The lowest BCUT2D eigenvalue weighted by Gasteiger charge is -2.30. The summed E-state index contributed by atoms with van der Waals surface area (Å²) in [5.74, 6) is 0. The predicted octanol–water partition coefficient (Wildman–Crippen LogP) is 17.1. The van der Waals surface area contributed by atoms with Crippen LogP contribution in [-0.4, -0.2) is 0 Å². The number of benzene rings is 10. The largest absolute Gasteiger partial charge is 0.310 e. The maximum Gasteiger partial charge on any atom is 0.0540 e. The molecule has 1 heteroatoms. The minimum atomic E-state index is -0.135. The molecule has 2 aliphatic carbocycles. The van der Waals surface area contributed by atoms with Crippen molar-refractivity contribution in [3.05, 3.63) is 235 Å². The molecule has 0 saturated carbocycles. The van der Waals surface area contributed by atoms with Crippen molar-refractivity contribution in [2.45, 2.75) is 38.5 Å². The molecule has 0 radical (unpaired) electrons. The smallest absolute Gasteiger partial charge is 0.0540 e. The Labute approximate surface area is 370 Å². The van der Waals surface area contributed by atoms with Crippen molar-refractivity contribution in [2.75, 3.05) is 4.90 Å². The Kier molecular flexibility index (Phi) is 8.30. The number of rotatable bonds is 6. The lowest BCUT2D eigenvalue weighted by molar-refractivity contribution is 0.660. The summed E-state index contributed by atoms with van der Waals surface area (Å²) in [5, 5.41) is 5.06. The van der Waals surface area contributed by atoms with Crippen molar-refractivity contribution in [1.82, 2.24) is 0 Å². The fourth-order valence-corrected chi connectivity index (χ4v) is 11.2. The molecular weight excluding hydrogens is 759 g/mol. The van der Waals surface area contributed by atoms with Crippen LogP contribution in [0, 0.1) is 0 Å². The van der Waals surface area contributed by atoms with Gasteiger partial charge in [0.2, 0.25) is 0 Å². The molecule has 0 aromatic heterocycles. The van der Waals surface area contributed by atoms with Gasteiger partial charge in [-0.25, -0.2) is 0 Å². The molecule has 2 aliphatic rings. The third-order valence-electron chi connectivity index (χ3n) is 14.2. The molecule has 300 valence electrons. The summed E-state index contributed by atoms with van der Waals surface area (Å²) in [6.45, 7) is 9.50. The fraction of sp³-hybridized carbons (Fsp3) is 0.0968. The van der Waals surface area contributed by atoms with E-state index in [9.17, 15) is 0 Å². The van der Waals surface area contributed by atoms with E-state index in [-0.39, 0.29) is 10.8 Å². The summed E-state index contributed by atoms with van der Waals surface area (Å²) >= 11 is 0. The molecule has 0 atom stereocenters. The van der Waals surface area contributed by atoms with Crippen molar-refractivity contribution in [3.8, 4) is 55.6 Å². The van der Waals surface area contributed by atoms with Crippen LogP contribution in [0.15, 0.2) is 212 Å². The van der Waals surface area contributed by atoms with E-state index in [4.69, 9.17) is 0 Å². The van der Waals surface area contributed by atoms with Crippen LogP contribution >= 0.6 is 0 Å². The molecule has 0 heterocycles. The minimum Gasteiger partial charge on any atom is -0.310 e. The Morgan fingerprint density at radius 1 is 0.302 bits per heavy atom. The monoisotopic (exact) mass is 805 g/mol. The maximum absolute atomic E-state index is 2.49. The van der Waals surface area contributed by atoms with Gasteiger partial charge in [-0.15, -0.1) is 0 Å². The number of nitrogens with zero attached hydrogens (tertiary/aromatic N) is 1. The minimum absolute atomic E-state index is 0.105.